The lowest BCUT2D eigenvalue weighted by atomic mass is 9.74. The average molecular weight is 224 g/mol. The largest absolute Gasteiger partial charge is 0.393 e. The summed E-state index contributed by atoms with van der Waals surface area (Å²) < 4.78 is 36.5. The Kier molecular flexibility index (Phi) is 4.04. The third kappa shape index (κ3) is 4.01. The van der Waals surface area contributed by atoms with Gasteiger partial charge in [-0.25, -0.2) is 0 Å². The molecule has 0 aliphatic heterocycles. The van der Waals surface area contributed by atoms with E-state index in [0.717, 1.165) is 12.8 Å². The van der Waals surface area contributed by atoms with E-state index in [1.165, 1.54) is 0 Å². The molecule has 0 aromatic carbocycles. The van der Waals surface area contributed by atoms with E-state index in [-0.39, 0.29) is 5.92 Å². The molecule has 1 aliphatic carbocycles. The summed E-state index contributed by atoms with van der Waals surface area (Å²) in [6.07, 6.45) is -3.13. The van der Waals surface area contributed by atoms with Crippen LogP contribution in [0.25, 0.3) is 0 Å². The Morgan fingerprint density at radius 2 is 1.93 bits per heavy atom. The van der Waals surface area contributed by atoms with Gasteiger partial charge in [-0.15, -0.1) is 0 Å². The summed E-state index contributed by atoms with van der Waals surface area (Å²) in [6, 6.07) is 0. The second kappa shape index (κ2) is 4.73. The minimum absolute atomic E-state index is 0.178. The third-order valence-corrected chi connectivity index (χ3v) is 3.42. The van der Waals surface area contributed by atoms with Crippen molar-refractivity contribution in [1.82, 2.24) is 0 Å². The van der Waals surface area contributed by atoms with Crippen LogP contribution in [0.1, 0.15) is 39.5 Å². The first-order valence-electron chi connectivity index (χ1n) is 5.54. The molecular formula is C11H19F3O. The van der Waals surface area contributed by atoms with Crippen molar-refractivity contribution in [2.24, 2.45) is 17.8 Å². The fourth-order valence-electron chi connectivity index (χ4n) is 2.55. The molecule has 0 bridgehead atoms. The van der Waals surface area contributed by atoms with Crippen LogP contribution in [-0.2, 0) is 0 Å². The number of alkyl halides is 3. The van der Waals surface area contributed by atoms with Crippen molar-refractivity contribution in [2.45, 2.75) is 51.8 Å². The summed E-state index contributed by atoms with van der Waals surface area (Å²) >= 11 is 0. The van der Waals surface area contributed by atoms with Crippen LogP contribution in [0.3, 0.4) is 0 Å². The number of aliphatic hydroxyl groups excluding tert-OH is 1. The van der Waals surface area contributed by atoms with Gasteiger partial charge in [0.1, 0.15) is 0 Å². The molecule has 0 aromatic heterocycles. The molecule has 4 heteroatoms. The van der Waals surface area contributed by atoms with E-state index in [4.69, 9.17) is 0 Å². The summed E-state index contributed by atoms with van der Waals surface area (Å²) in [5, 5.41) is 9.74. The zero-order valence-electron chi connectivity index (χ0n) is 9.22. The molecule has 0 aromatic rings. The third-order valence-electron chi connectivity index (χ3n) is 3.42. The van der Waals surface area contributed by atoms with Crippen LogP contribution >= 0.6 is 0 Å². The highest BCUT2D eigenvalue weighted by Gasteiger charge is 2.37. The van der Waals surface area contributed by atoms with Gasteiger partial charge in [-0.05, 0) is 30.6 Å². The molecule has 0 radical (unpaired) electrons. The van der Waals surface area contributed by atoms with Gasteiger partial charge < -0.3 is 5.11 Å². The topological polar surface area (TPSA) is 20.2 Å². The molecule has 1 aliphatic rings. The lowest BCUT2D eigenvalue weighted by molar-refractivity contribution is -0.152. The minimum atomic E-state index is -4.11. The molecule has 1 rings (SSSR count). The highest BCUT2D eigenvalue weighted by Crippen LogP contribution is 2.38. The fraction of sp³-hybridized carbons (Fsp3) is 1.00. The first kappa shape index (κ1) is 12.8. The Labute approximate surface area is 88.7 Å². The lowest BCUT2D eigenvalue weighted by Gasteiger charge is -2.35. The number of rotatable bonds is 2. The van der Waals surface area contributed by atoms with Crippen molar-refractivity contribution in [1.29, 1.82) is 0 Å². The Hall–Kier alpha value is -0.250. The van der Waals surface area contributed by atoms with Crippen LogP contribution in [0.5, 0.6) is 0 Å². The van der Waals surface area contributed by atoms with Crippen molar-refractivity contribution in [3.63, 3.8) is 0 Å². The van der Waals surface area contributed by atoms with Crippen LogP contribution in [0.15, 0.2) is 0 Å². The summed E-state index contributed by atoms with van der Waals surface area (Å²) in [7, 11) is 0. The smallest absolute Gasteiger partial charge is 0.389 e. The highest BCUT2D eigenvalue weighted by atomic mass is 19.4. The number of hydrogen-bond donors (Lipinski definition) is 1. The van der Waals surface area contributed by atoms with Crippen molar-refractivity contribution in [3.8, 4) is 0 Å². The first-order valence-corrected chi connectivity index (χ1v) is 5.54. The van der Waals surface area contributed by atoms with Gasteiger partial charge in [0.15, 0.2) is 0 Å². The maximum atomic E-state index is 12.2. The van der Waals surface area contributed by atoms with Crippen molar-refractivity contribution < 1.29 is 18.3 Å². The Bertz CT molecular complexity index is 202. The van der Waals surface area contributed by atoms with Gasteiger partial charge in [0.05, 0.1) is 6.10 Å². The SMILES string of the molecule is C[C@@H]1CC[C@H]([C@@H](C)CC(F)(F)F)[C@H](O)C1. The monoisotopic (exact) mass is 224 g/mol. The van der Waals surface area contributed by atoms with Gasteiger partial charge >= 0.3 is 6.18 Å². The molecule has 1 saturated carbocycles. The molecule has 0 amide bonds. The van der Waals surface area contributed by atoms with E-state index < -0.39 is 24.6 Å². The van der Waals surface area contributed by atoms with E-state index in [9.17, 15) is 18.3 Å². The van der Waals surface area contributed by atoms with Gasteiger partial charge in [-0.2, -0.15) is 13.2 Å². The molecule has 1 nitrogen and oxygen atoms in total. The maximum Gasteiger partial charge on any atom is 0.389 e. The average Bonchev–Trinajstić information content (AvgIpc) is 1.99. The Balaban J connectivity index is 2.49. The quantitative estimate of drug-likeness (QED) is 0.762. The van der Waals surface area contributed by atoms with Crippen LogP contribution < -0.4 is 0 Å². The van der Waals surface area contributed by atoms with E-state index in [0.29, 0.717) is 12.3 Å². The van der Waals surface area contributed by atoms with Crippen molar-refractivity contribution in [2.75, 3.05) is 0 Å². The van der Waals surface area contributed by atoms with E-state index in [1.807, 2.05) is 6.92 Å². The van der Waals surface area contributed by atoms with Gasteiger partial charge in [-0.1, -0.05) is 20.3 Å². The summed E-state index contributed by atoms with van der Waals surface area (Å²) in [4.78, 5) is 0. The molecule has 1 N–H and O–H groups in total. The normalized spacial score (nSPS) is 35.2. The fourth-order valence-corrected chi connectivity index (χ4v) is 2.55. The molecule has 1 fully saturated rings. The van der Waals surface area contributed by atoms with Crippen LogP contribution in [-0.4, -0.2) is 17.4 Å². The predicted molar refractivity (Wildman–Crippen MR) is 52.3 cm³/mol. The molecule has 15 heavy (non-hydrogen) atoms. The Morgan fingerprint density at radius 3 is 2.40 bits per heavy atom. The van der Waals surface area contributed by atoms with Crippen LogP contribution in [0.4, 0.5) is 13.2 Å². The molecule has 4 atom stereocenters. The molecular weight excluding hydrogens is 205 g/mol. The Morgan fingerprint density at radius 1 is 1.33 bits per heavy atom. The lowest BCUT2D eigenvalue weighted by Crippen LogP contribution is -2.34. The summed E-state index contributed by atoms with van der Waals surface area (Å²) in [6.45, 7) is 3.63. The minimum Gasteiger partial charge on any atom is -0.393 e. The maximum absolute atomic E-state index is 12.2. The second-order valence-electron chi connectivity index (χ2n) is 4.95. The highest BCUT2D eigenvalue weighted by molar-refractivity contribution is 4.82. The molecule has 0 unspecified atom stereocenters. The summed E-state index contributed by atoms with van der Waals surface area (Å²) in [5.41, 5.74) is 0. The first-order chi connectivity index (χ1) is 6.79. The number of halogens is 3. The zero-order valence-corrected chi connectivity index (χ0v) is 9.22. The molecule has 90 valence electrons. The molecule has 0 heterocycles. The van der Waals surface area contributed by atoms with E-state index >= 15 is 0 Å². The summed E-state index contributed by atoms with van der Waals surface area (Å²) in [5.74, 6) is -0.204. The van der Waals surface area contributed by atoms with Gasteiger partial charge in [0.2, 0.25) is 0 Å². The van der Waals surface area contributed by atoms with Crippen molar-refractivity contribution >= 4 is 0 Å². The molecule has 0 spiro atoms. The number of hydrogen-bond acceptors (Lipinski definition) is 1. The number of aliphatic hydroxyl groups is 1. The molecule has 0 saturated heterocycles. The van der Waals surface area contributed by atoms with Crippen LogP contribution in [0.2, 0.25) is 0 Å². The predicted octanol–water partition coefficient (Wildman–Crippen LogP) is 3.37. The second-order valence-corrected chi connectivity index (χ2v) is 4.95. The van der Waals surface area contributed by atoms with Gasteiger partial charge in [0.25, 0.3) is 0 Å². The van der Waals surface area contributed by atoms with Crippen LogP contribution in [0, 0.1) is 17.8 Å². The van der Waals surface area contributed by atoms with Crippen molar-refractivity contribution in [3.05, 3.63) is 0 Å². The standard InChI is InChI=1S/C11H19F3O/c1-7-3-4-9(10(15)5-7)8(2)6-11(12,13)14/h7-10,15H,3-6H2,1-2H3/t7-,8+,9-,10-/m1/s1. The van der Waals surface area contributed by atoms with E-state index in [2.05, 4.69) is 0 Å². The van der Waals surface area contributed by atoms with Gasteiger partial charge in [0, 0.05) is 6.42 Å². The van der Waals surface area contributed by atoms with Gasteiger partial charge in [-0.3, -0.25) is 0 Å². The zero-order chi connectivity index (χ0) is 11.6. The van der Waals surface area contributed by atoms with E-state index in [1.54, 1.807) is 6.92 Å².